The maximum atomic E-state index is 12.0. The van der Waals surface area contributed by atoms with Crippen molar-refractivity contribution in [2.24, 2.45) is 0 Å². The molecule has 2 aromatic heterocycles. The van der Waals surface area contributed by atoms with Crippen LogP contribution in [0.1, 0.15) is 21.9 Å². The van der Waals surface area contributed by atoms with Gasteiger partial charge in [0.05, 0.1) is 4.88 Å². The van der Waals surface area contributed by atoms with E-state index in [0.29, 0.717) is 6.54 Å². The van der Waals surface area contributed by atoms with Gasteiger partial charge < -0.3 is 5.32 Å². The number of hydrogen-bond acceptors (Lipinski definition) is 4. The normalized spacial score (nSPS) is 10.8. The van der Waals surface area contributed by atoms with E-state index >= 15 is 0 Å². The van der Waals surface area contributed by atoms with Gasteiger partial charge in [0.15, 0.2) is 0 Å². The molecule has 0 aliphatic rings. The fraction of sp³-hybridized carbons (Fsp3) is 0.214. The smallest absolute Gasteiger partial charge is 0.261 e. The number of carbonyl (C=O) groups excluding carboxylic acids is 1. The van der Waals surface area contributed by atoms with Gasteiger partial charge in [-0.15, -0.1) is 11.3 Å². The van der Waals surface area contributed by atoms with Gasteiger partial charge in [-0.3, -0.25) is 9.89 Å². The molecule has 0 unspecified atom stereocenters. The predicted octanol–water partition coefficient (Wildman–Crippen LogP) is 2.38. The van der Waals surface area contributed by atoms with Crippen molar-refractivity contribution in [2.45, 2.75) is 12.8 Å². The summed E-state index contributed by atoms with van der Waals surface area (Å²) >= 11 is 1.52. The highest BCUT2D eigenvalue weighted by atomic mass is 32.1. The lowest BCUT2D eigenvalue weighted by Gasteiger charge is -2.01. The van der Waals surface area contributed by atoms with E-state index in [-0.39, 0.29) is 5.91 Å². The zero-order valence-electron chi connectivity index (χ0n) is 10.8. The van der Waals surface area contributed by atoms with Gasteiger partial charge >= 0.3 is 0 Å². The first kappa shape index (κ1) is 12.8. The number of fused-ring (bicyclic) bond motifs is 1. The van der Waals surface area contributed by atoms with Crippen LogP contribution in [-0.2, 0) is 6.42 Å². The van der Waals surface area contributed by atoms with Crippen LogP contribution in [0.15, 0.2) is 36.7 Å². The van der Waals surface area contributed by atoms with Crippen LogP contribution >= 0.6 is 11.3 Å². The van der Waals surface area contributed by atoms with Crippen molar-refractivity contribution in [3.63, 3.8) is 0 Å². The summed E-state index contributed by atoms with van der Waals surface area (Å²) in [6.07, 6.45) is 3.11. The van der Waals surface area contributed by atoms with E-state index in [2.05, 4.69) is 20.5 Å². The minimum absolute atomic E-state index is 0.0104. The van der Waals surface area contributed by atoms with Crippen molar-refractivity contribution in [2.75, 3.05) is 6.54 Å². The third-order valence-electron chi connectivity index (χ3n) is 2.99. The van der Waals surface area contributed by atoms with E-state index in [4.69, 9.17) is 0 Å². The van der Waals surface area contributed by atoms with E-state index in [1.165, 1.54) is 17.7 Å². The molecule has 0 saturated heterocycles. The average Bonchev–Trinajstić information content (AvgIpc) is 3.12. The maximum Gasteiger partial charge on any atom is 0.261 e. The Morgan fingerprint density at radius 3 is 3.05 bits per heavy atom. The van der Waals surface area contributed by atoms with Gasteiger partial charge in [0.2, 0.25) is 0 Å². The Kier molecular flexibility index (Phi) is 3.73. The van der Waals surface area contributed by atoms with Crippen molar-refractivity contribution in [1.29, 1.82) is 0 Å². The largest absolute Gasteiger partial charge is 0.351 e. The second kappa shape index (κ2) is 5.83. The zero-order chi connectivity index (χ0) is 13.8. The molecule has 1 amide bonds. The first-order valence-electron chi connectivity index (χ1n) is 6.44. The third kappa shape index (κ3) is 2.85. The van der Waals surface area contributed by atoms with Gasteiger partial charge in [0.25, 0.3) is 5.91 Å². The van der Waals surface area contributed by atoms with Crippen LogP contribution in [0.25, 0.3) is 10.1 Å². The van der Waals surface area contributed by atoms with E-state index in [0.717, 1.165) is 33.6 Å². The van der Waals surface area contributed by atoms with Crippen LogP contribution < -0.4 is 5.32 Å². The van der Waals surface area contributed by atoms with Gasteiger partial charge in [-0.05, 0) is 23.9 Å². The Bertz CT molecular complexity index is 672. The highest BCUT2D eigenvalue weighted by Gasteiger charge is 2.09. The van der Waals surface area contributed by atoms with Crippen LogP contribution in [0.2, 0.25) is 0 Å². The van der Waals surface area contributed by atoms with Gasteiger partial charge in [-0.2, -0.15) is 5.10 Å². The minimum atomic E-state index is -0.0104. The van der Waals surface area contributed by atoms with E-state index < -0.39 is 0 Å². The van der Waals surface area contributed by atoms with Crippen molar-refractivity contribution in [3.05, 3.63) is 47.4 Å². The number of thiophene rings is 1. The molecule has 2 heterocycles. The van der Waals surface area contributed by atoms with Crippen molar-refractivity contribution < 1.29 is 4.79 Å². The molecule has 20 heavy (non-hydrogen) atoms. The molecule has 0 spiro atoms. The van der Waals surface area contributed by atoms with Crippen LogP contribution in [0.3, 0.4) is 0 Å². The van der Waals surface area contributed by atoms with Crippen LogP contribution in [-0.4, -0.2) is 27.6 Å². The molecule has 3 rings (SSSR count). The van der Waals surface area contributed by atoms with Crippen molar-refractivity contribution in [1.82, 2.24) is 20.5 Å². The number of aryl methyl sites for hydroxylation is 1. The number of amides is 1. The highest BCUT2D eigenvalue weighted by molar-refractivity contribution is 7.20. The van der Waals surface area contributed by atoms with E-state index in [1.807, 2.05) is 30.3 Å². The number of nitrogens with zero attached hydrogens (tertiary/aromatic N) is 2. The topological polar surface area (TPSA) is 70.7 Å². The monoisotopic (exact) mass is 286 g/mol. The molecule has 0 saturated carbocycles. The number of H-pyrrole nitrogens is 1. The molecule has 0 bridgehead atoms. The number of aromatic nitrogens is 3. The second-order valence-corrected chi connectivity index (χ2v) is 5.52. The minimum Gasteiger partial charge on any atom is -0.351 e. The SMILES string of the molecule is O=C(NCCCc1ncn[nH]1)c1cc2ccccc2s1. The summed E-state index contributed by atoms with van der Waals surface area (Å²) in [6.45, 7) is 0.633. The Hall–Kier alpha value is -2.21. The molecular weight excluding hydrogens is 272 g/mol. The Morgan fingerprint density at radius 2 is 2.25 bits per heavy atom. The van der Waals surface area contributed by atoms with Gasteiger partial charge in [0, 0.05) is 17.7 Å². The van der Waals surface area contributed by atoms with Gasteiger partial charge in [-0.1, -0.05) is 18.2 Å². The third-order valence-corrected chi connectivity index (χ3v) is 4.10. The molecule has 0 atom stereocenters. The summed E-state index contributed by atoms with van der Waals surface area (Å²) in [6, 6.07) is 9.95. The lowest BCUT2D eigenvalue weighted by Crippen LogP contribution is -2.23. The molecule has 1 aromatic carbocycles. The number of hydrogen-bond donors (Lipinski definition) is 2. The molecule has 6 heteroatoms. The molecule has 5 nitrogen and oxygen atoms in total. The molecule has 102 valence electrons. The maximum absolute atomic E-state index is 12.0. The number of rotatable bonds is 5. The molecule has 2 N–H and O–H groups in total. The van der Waals surface area contributed by atoms with Crippen LogP contribution in [0.5, 0.6) is 0 Å². The Labute approximate surface area is 120 Å². The fourth-order valence-corrected chi connectivity index (χ4v) is 2.97. The number of aromatic amines is 1. The Balaban J connectivity index is 1.53. The molecule has 3 aromatic rings. The van der Waals surface area contributed by atoms with Crippen molar-refractivity contribution >= 4 is 27.3 Å². The summed E-state index contributed by atoms with van der Waals surface area (Å²) < 4.78 is 1.14. The van der Waals surface area contributed by atoms with E-state index in [1.54, 1.807) is 0 Å². The molecular formula is C14H14N4OS. The van der Waals surface area contributed by atoms with E-state index in [9.17, 15) is 4.79 Å². The van der Waals surface area contributed by atoms with Gasteiger partial charge in [-0.25, -0.2) is 4.98 Å². The fourth-order valence-electron chi connectivity index (χ4n) is 1.99. The molecule has 0 aliphatic heterocycles. The summed E-state index contributed by atoms with van der Waals surface area (Å²) in [5, 5.41) is 10.6. The lowest BCUT2D eigenvalue weighted by molar-refractivity contribution is 0.0957. The second-order valence-electron chi connectivity index (χ2n) is 4.44. The molecule has 0 aliphatic carbocycles. The number of carbonyl (C=O) groups is 1. The van der Waals surface area contributed by atoms with Crippen LogP contribution in [0.4, 0.5) is 0 Å². The van der Waals surface area contributed by atoms with Crippen LogP contribution in [0, 0.1) is 0 Å². The van der Waals surface area contributed by atoms with Crippen molar-refractivity contribution in [3.8, 4) is 0 Å². The predicted molar refractivity (Wildman–Crippen MR) is 78.9 cm³/mol. The summed E-state index contributed by atoms with van der Waals surface area (Å²) in [5.74, 6) is 0.838. The quantitative estimate of drug-likeness (QED) is 0.707. The molecule has 0 radical (unpaired) electrons. The number of benzene rings is 1. The first-order valence-corrected chi connectivity index (χ1v) is 7.25. The number of nitrogens with one attached hydrogen (secondary N) is 2. The average molecular weight is 286 g/mol. The standard InChI is InChI=1S/C14H14N4OS/c19-14(15-7-3-6-13-16-9-17-18-13)12-8-10-4-1-2-5-11(10)20-12/h1-2,4-5,8-9H,3,6-7H2,(H,15,19)(H,16,17,18). The Morgan fingerprint density at radius 1 is 1.35 bits per heavy atom. The summed E-state index contributed by atoms with van der Waals surface area (Å²) in [4.78, 5) is 16.8. The lowest BCUT2D eigenvalue weighted by atomic mass is 10.2. The van der Waals surface area contributed by atoms with Gasteiger partial charge in [0.1, 0.15) is 12.2 Å². The molecule has 0 fully saturated rings. The summed E-state index contributed by atoms with van der Waals surface area (Å²) in [7, 11) is 0. The first-order chi connectivity index (χ1) is 9.83. The summed E-state index contributed by atoms with van der Waals surface area (Å²) in [5.41, 5.74) is 0. The highest BCUT2D eigenvalue weighted by Crippen LogP contribution is 2.24. The zero-order valence-corrected chi connectivity index (χ0v) is 11.6.